The maximum Gasteiger partial charge on any atom is 0.143 e. The summed E-state index contributed by atoms with van der Waals surface area (Å²) < 4.78 is 0. The second-order valence-corrected chi connectivity index (χ2v) is 5.75. The van der Waals surface area contributed by atoms with E-state index < -0.39 is 0 Å². The SMILES string of the molecule is C1=CN2CSCC23NCN(c2ccccc2)C3=C1. The molecule has 3 aliphatic rings. The molecule has 4 rings (SSSR count). The lowest BCUT2D eigenvalue weighted by Crippen LogP contribution is -2.53. The van der Waals surface area contributed by atoms with Crippen molar-refractivity contribution in [3.05, 3.63) is 54.4 Å². The van der Waals surface area contributed by atoms with Crippen molar-refractivity contribution in [1.29, 1.82) is 0 Å². The maximum atomic E-state index is 3.69. The standard InChI is InChI=1S/C14H15N3S/c1-2-5-12(6-3-1)17-10-15-14-9-18-11-16(14)8-4-7-13(14)17/h1-8,15H,9-11H2. The number of hydrogen-bond donors (Lipinski definition) is 1. The zero-order valence-corrected chi connectivity index (χ0v) is 10.9. The van der Waals surface area contributed by atoms with Crippen molar-refractivity contribution >= 4 is 17.4 Å². The van der Waals surface area contributed by atoms with Crippen LogP contribution < -0.4 is 10.2 Å². The van der Waals surface area contributed by atoms with Crippen LogP contribution in [0.2, 0.25) is 0 Å². The summed E-state index contributed by atoms with van der Waals surface area (Å²) >= 11 is 1.99. The number of anilines is 1. The molecule has 2 saturated heterocycles. The average Bonchev–Trinajstić information content (AvgIpc) is 3.00. The molecule has 4 heteroatoms. The molecule has 92 valence electrons. The van der Waals surface area contributed by atoms with Crippen molar-refractivity contribution in [2.24, 2.45) is 0 Å². The minimum absolute atomic E-state index is 0.0231. The molecular weight excluding hydrogens is 242 g/mol. The smallest absolute Gasteiger partial charge is 0.143 e. The van der Waals surface area contributed by atoms with Crippen LogP contribution >= 0.6 is 11.8 Å². The number of hydrogen-bond acceptors (Lipinski definition) is 4. The Morgan fingerprint density at radius 2 is 2.11 bits per heavy atom. The minimum atomic E-state index is 0.0231. The third kappa shape index (κ3) is 1.30. The van der Waals surface area contributed by atoms with Gasteiger partial charge < -0.3 is 9.80 Å². The fourth-order valence-corrected chi connectivity index (χ4v) is 4.25. The van der Waals surface area contributed by atoms with E-state index in [0.29, 0.717) is 0 Å². The Labute approximate surface area is 111 Å². The maximum absolute atomic E-state index is 3.69. The van der Waals surface area contributed by atoms with E-state index in [1.54, 1.807) is 0 Å². The van der Waals surface area contributed by atoms with E-state index in [4.69, 9.17) is 0 Å². The van der Waals surface area contributed by atoms with E-state index in [1.165, 1.54) is 11.4 Å². The first-order valence-corrected chi connectivity index (χ1v) is 7.37. The van der Waals surface area contributed by atoms with Crippen molar-refractivity contribution in [1.82, 2.24) is 10.2 Å². The molecule has 0 aromatic heterocycles. The summed E-state index contributed by atoms with van der Waals surface area (Å²) in [5, 5.41) is 3.69. The van der Waals surface area contributed by atoms with Gasteiger partial charge in [-0.3, -0.25) is 5.32 Å². The van der Waals surface area contributed by atoms with E-state index in [9.17, 15) is 0 Å². The molecule has 0 amide bonds. The van der Waals surface area contributed by atoms with E-state index >= 15 is 0 Å². The molecule has 1 atom stereocenters. The molecule has 0 aliphatic carbocycles. The van der Waals surface area contributed by atoms with Gasteiger partial charge in [0.2, 0.25) is 0 Å². The number of para-hydroxylation sites is 1. The lowest BCUT2D eigenvalue weighted by atomic mass is 10.0. The summed E-state index contributed by atoms with van der Waals surface area (Å²) in [6.45, 7) is 0.884. The second kappa shape index (κ2) is 3.80. The third-order valence-electron chi connectivity index (χ3n) is 3.86. The van der Waals surface area contributed by atoms with Gasteiger partial charge in [0.1, 0.15) is 5.66 Å². The summed E-state index contributed by atoms with van der Waals surface area (Å²) in [6.07, 6.45) is 6.60. The van der Waals surface area contributed by atoms with Crippen LogP contribution in [0.25, 0.3) is 0 Å². The van der Waals surface area contributed by atoms with Gasteiger partial charge in [-0.1, -0.05) is 18.2 Å². The van der Waals surface area contributed by atoms with Gasteiger partial charge in [-0.15, -0.1) is 11.8 Å². The second-order valence-electron chi connectivity index (χ2n) is 4.80. The summed E-state index contributed by atoms with van der Waals surface area (Å²) in [5.74, 6) is 2.19. The zero-order valence-electron chi connectivity index (χ0n) is 10.0. The molecule has 2 fully saturated rings. The van der Waals surface area contributed by atoms with Gasteiger partial charge in [-0.25, -0.2) is 0 Å². The zero-order chi connectivity index (χ0) is 12.0. The highest BCUT2D eigenvalue weighted by atomic mass is 32.2. The lowest BCUT2D eigenvalue weighted by molar-refractivity contribution is 0.231. The molecule has 0 bridgehead atoms. The fourth-order valence-electron chi connectivity index (χ4n) is 2.94. The number of benzene rings is 1. The molecule has 1 spiro atoms. The Morgan fingerprint density at radius 1 is 1.22 bits per heavy atom. The third-order valence-corrected chi connectivity index (χ3v) is 4.95. The normalized spacial score (nSPS) is 29.2. The van der Waals surface area contributed by atoms with Crippen molar-refractivity contribution in [3.8, 4) is 0 Å². The van der Waals surface area contributed by atoms with E-state index in [1.807, 2.05) is 11.8 Å². The molecule has 3 nitrogen and oxygen atoms in total. The first-order chi connectivity index (χ1) is 8.90. The van der Waals surface area contributed by atoms with Crippen LogP contribution in [0.15, 0.2) is 54.4 Å². The number of thioether (sulfide) groups is 1. The Bertz CT molecular complexity index is 525. The van der Waals surface area contributed by atoms with E-state index in [2.05, 4.69) is 63.8 Å². The first-order valence-electron chi connectivity index (χ1n) is 6.21. The van der Waals surface area contributed by atoms with Crippen LogP contribution in [-0.2, 0) is 0 Å². The van der Waals surface area contributed by atoms with Crippen LogP contribution in [0.5, 0.6) is 0 Å². The quantitative estimate of drug-likeness (QED) is 0.830. The Kier molecular flexibility index (Phi) is 2.22. The fraction of sp³-hybridized carbons (Fsp3) is 0.286. The molecule has 1 aromatic rings. The number of nitrogens with one attached hydrogen (secondary N) is 1. The van der Waals surface area contributed by atoms with Crippen LogP contribution in [-0.4, -0.2) is 28.9 Å². The van der Waals surface area contributed by atoms with Crippen molar-refractivity contribution in [2.45, 2.75) is 5.66 Å². The number of rotatable bonds is 1. The van der Waals surface area contributed by atoms with Crippen molar-refractivity contribution in [2.75, 3.05) is 23.2 Å². The molecule has 1 aromatic carbocycles. The highest BCUT2D eigenvalue weighted by Crippen LogP contribution is 2.42. The molecule has 0 saturated carbocycles. The van der Waals surface area contributed by atoms with Crippen molar-refractivity contribution < 1.29 is 0 Å². The van der Waals surface area contributed by atoms with Gasteiger partial charge in [0, 0.05) is 17.6 Å². The van der Waals surface area contributed by atoms with Crippen LogP contribution in [0, 0.1) is 0 Å². The predicted octanol–water partition coefficient (Wildman–Crippen LogP) is 2.17. The van der Waals surface area contributed by atoms with Crippen LogP contribution in [0.3, 0.4) is 0 Å². The van der Waals surface area contributed by atoms with Crippen molar-refractivity contribution in [3.63, 3.8) is 0 Å². The number of allylic oxidation sites excluding steroid dienone is 2. The van der Waals surface area contributed by atoms with E-state index in [-0.39, 0.29) is 5.66 Å². The minimum Gasteiger partial charge on any atom is -0.345 e. The highest BCUT2D eigenvalue weighted by Gasteiger charge is 2.50. The van der Waals surface area contributed by atoms with Gasteiger partial charge in [-0.2, -0.15) is 0 Å². The van der Waals surface area contributed by atoms with Gasteiger partial charge in [0.25, 0.3) is 0 Å². The first kappa shape index (κ1) is 10.5. The predicted molar refractivity (Wildman–Crippen MR) is 76.0 cm³/mol. The monoisotopic (exact) mass is 257 g/mol. The van der Waals surface area contributed by atoms with Crippen LogP contribution in [0.1, 0.15) is 0 Å². The van der Waals surface area contributed by atoms with Gasteiger partial charge in [0.15, 0.2) is 0 Å². The number of nitrogens with zero attached hydrogens (tertiary/aromatic N) is 2. The molecule has 1 N–H and O–H groups in total. The highest BCUT2D eigenvalue weighted by molar-refractivity contribution is 7.99. The van der Waals surface area contributed by atoms with Gasteiger partial charge in [-0.05, 0) is 24.3 Å². The summed E-state index contributed by atoms with van der Waals surface area (Å²) in [6, 6.07) is 10.6. The van der Waals surface area contributed by atoms with E-state index in [0.717, 1.165) is 18.3 Å². The molecule has 1 unspecified atom stereocenters. The molecule has 18 heavy (non-hydrogen) atoms. The largest absolute Gasteiger partial charge is 0.345 e. The molecule has 3 heterocycles. The summed E-state index contributed by atoms with van der Waals surface area (Å²) in [5.41, 5.74) is 2.66. The molecule has 3 aliphatic heterocycles. The molecular formula is C14H15N3S. The summed E-state index contributed by atoms with van der Waals surface area (Å²) in [7, 11) is 0. The Hall–Kier alpha value is -1.39. The Balaban J connectivity index is 1.77. The molecule has 0 radical (unpaired) electrons. The topological polar surface area (TPSA) is 18.5 Å². The lowest BCUT2D eigenvalue weighted by Gasteiger charge is -2.37. The summed E-state index contributed by atoms with van der Waals surface area (Å²) in [4.78, 5) is 4.79. The average molecular weight is 257 g/mol. The van der Waals surface area contributed by atoms with Crippen LogP contribution in [0.4, 0.5) is 5.69 Å². The van der Waals surface area contributed by atoms with Gasteiger partial charge in [0.05, 0.1) is 18.2 Å². The van der Waals surface area contributed by atoms with Gasteiger partial charge >= 0.3 is 0 Å². The Morgan fingerprint density at radius 3 is 3.00 bits per heavy atom.